The molecule has 1 aliphatic heterocycles. The van der Waals surface area contributed by atoms with Gasteiger partial charge in [-0.05, 0) is 11.6 Å². The van der Waals surface area contributed by atoms with Crippen LogP contribution in [0.4, 0.5) is 0 Å². The lowest BCUT2D eigenvalue weighted by Gasteiger charge is -2.16. The second-order valence-electron chi connectivity index (χ2n) is 3.64. The molecular formula is C10H11ClN4O2. The molecule has 1 N–H and O–H groups in total. The van der Waals surface area contributed by atoms with E-state index in [4.69, 9.17) is 11.6 Å². The Morgan fingerprint density at radius 2 is 2.47 bits per heavy atom. The van der Waals surface area contributed by atoms with E-state index in [-0.39, 0.29) is 0 Å². The van der Waals surface area contributed by atoms with Crippen molar-refractivity contribution >= 4 is 11.6 Å². The van der Waals surface area contributed by atoms with Gasteiger partial charge in [-0.15, -0.1) is 0 Å². The van der Waals surface area contributed by atoms with E-state index in [2.05, 4.69) is 10.3 Å². The fourth-order valence-corrected chi connectivity index (χ4v) is 1.77. The maximum absolute atomic E-state index is 10.4. The van der Waals surface area contributed by atoms with Gasteiger partial charge in [0.1, 0.15) is 5.15 Å². The second-order valence-corrected chi connectivity index (χ2v) is 4.02. The summed E-state index contributed by atoms with van der Waals surface area (Å²) in [5, 5.41) is 13.8. The first-order chi connectivity index (χ1) is 8.15. The lowest BCUT2D eigenvalue weighted by Crippen LogP contribution is -2.20. The van der Waals surface area contributed by atoms with Gasteiger partial charge in [-0.3, -0.25) is 10.1 Å². The van der Waals surface area contributed by atoms with Crippen LogP contribution in [-0.4, -0.2) is 27.9 Å². The zero-order chi connectivity index (χ0) is 12.3. The van der Waals surface area contributed by atoms with Crippen molar-refractivity contribution in [2.24, 2.45) is 0 Å². The molecule has 1 fully saturated rings. The number of aromatic nitrogens is 1. The highest BCUT2D eigenvalue weighted by Gasteiger charge is 2.19. The molecule has 1 saturated heterocycles. The molecule has 0 bridgehead atoms. The van der Waals surface area contributed by atoms with Crippen LogP contribution in [0.1, 0.15) is 5.56 Å². The van der Waals surface area contributed by atoms with Gasteiger partial charge in [-0.25, -0.2) is 4.98 Å². The van der Waals surface area contributed by atoms with Crippen LogP contribution in [0.25, 0.3) is 0 Å². The molecule has 1 aromatic heterocycles. The maximum atomic E-state index is 10.4. The summed E-state index contributed by atoms with van der Waals surface area (Å²) in [6.45, 7) is 2.03. The van der Waals surface area contributed by atoms with Gasteiger partial charge in [0.05, 0.1) is 4.92 Å². The highest BCUT2D eigenvalue weighted by Crippen LogP contribution is 2.13. The van der Waals surface area contributed by atoms with Crippen LogP contribution in [0.15, 0.2) is 30.4 Å². The first kappa shape index (κ1) is 11.7. The molecule has 1 aromatic rings. The van der Waals surface area contributed by atoms with Crippen molar-refractivity contribution in [3.05, 3.63) is 51.2 Å². The van der Waals surface area contributed by atoms with E-state index in [0.29, 0.717) is 24.1 Å². The van der Waals surface area contributed by atoms with Crippen LogP contribution < -0.4 is 5.32 Å². The molecule has 0 spiro atoms. The Labute approximate surface area is 103 Å². The summed E-state index contributed by atoms with van der Waals surface area (Å²) in [6.07, 6.45) is 2.65. The van der Waals surface area contributed by atoms with E-state index in [1.54, 1.807) is 12.3 Å². The third-order valence-electron chi connectivity index (χ3n) is 2.42. The summed E-state index contributed by atoms with van der Waals surface area (Å²) < 4.78 is 0. The Morgan fingerprint density at radius 3 is 3.12 bits per heavy atom. The molecule has 17 heavy (non-hydrogen) atoms. The smallest absolute Gasteiger partial charge is 0.274 e. The number of hydrogen-bond acceptors (Lipinski definition) is 5. The molecule has 6 nitrogen and oxygen atoms in total. The summed E-state index contributed by atoms with van der Waals surface area (Å²) in [5.41, 5.74) is 0.965. The van der Waals surface area contributed by atoms with E-state index in [9.17, 15) is 10.1 Å². The van der Waals surface area contributed by atoms with Crippen molar-refractivity contribution < 1.29 is 4.92 Å². The number of nitrogens with one attached hydrogen (secondary N) is 1. The van der Waals surface area contributed by atoms with Crippen molar-refractivity contribution in [3.8, 4) is 0 Å². The van der Waals surface area contributed by atoms with Crippen molar-refractivity contribution in [3.63, 3.8) is 0 Å². The van der Waals surface area contributed by atoms with E-state index in [1.807, 2.05) is 11.0 Å². The first-order valence-electron chi connectivity index (χ1n) is 5.10. The molecule has 2 rings (SSSR count). The molecule has 0 amide bonds. The summed E-state index contributed by atoms with van der Waals surface area (Å²) in [4.78, 5) is 15.8. The zero-order valence-electron chi connectivity index (χ0n) is 8.97. The van der Waals surface area contributed by atoms with Crippen molar-refractivity contribution in [2.45, 2.75) is 6.54 Å². The largest absolute Gasteiger partial charge is 0.365 e. The molecular weight excluding hydrogens is 244 g/mol. The van der Waals surface area contributed by atoms with Gasteiger partial charge >= 0.3 is 0 Å². The summed E-state index contributed by atoms with van der Waals surface area (Å²) >= 11 is 5.69. The number of rotatable bonds is 3. The Bertz CT molecular complexity index is 446. The lowest BCUT2D eigenvalue weighted by atomic mass is 10.2. The van der Waals surface area contributed by atoms with Crippen molar-refractivity contribution in [1.29, 1.82) is 0 Å². The van der Waals surface area contributed by atoms with Crippen LogP contribution in [0, 0.1) is 10.1 Å². The topological polar surface area (TPSA) is 71.3 Å². The lowest BCUT2D eigenvalue weighted by molar-refractivity contribution is -0.404. The Morgan fingerprint density at radius 1 is 1.65 bits per heavy atom. The van der Waals surface area contributed by atoms with Gasteiger partial charge in [0.2, 0.25) is 0 Å². The quantitative estimate of drug-likeness (QED) is 0.499. The number of pyridine rings is 1. The summed E-state index contributed by atoms with van der Waals surface area (Å²) in [5.74, 6) is 0.532. The van der Waals surface area contributed by atoms with Gasteiger partial charge in [-0.1, -0.05) is 17.7 Å². The second kappa shape index (κ2) is 5.01. The van der Waals surface area contributed by atoms with E-state index in [1.165, 1.54) is 0 Å². The Hall–Kier alpha value is -1.82. The molecule has 0 saturated carbocycles. The predicted molar refractivity (Wildman–Crippen MR) is 62.7 cm³/mol. The Balaban J connectivity index is 2.07. The number of halogens is 1. The summed E-state index contributed by atoms with van der Waals surface area (Å²) in [6, 6.07) is 3.56. The average Bonchev–Trinajstić information content (AvgIpc) is 2.68. The monoisotopic (exact) mass is 254 g/mol. The highest BCUT2D eigenvalue weighted by molar-refractivity contribution is 6.29. The summed E-state index contributed by atoms with van der Waals surface area (Å²) in [7, 11) is 0. The van der Waals surface area contributed by atoms with Gasteiger partial charge in [0.25, 0.3) is 6.20 Å². The van der Waals surface area contributed by atoms with Crippen LogP contribution >= 0.6 is 11.6 Å². The zero-order valence-corrected chi connectivity index (χ0v) is 9.72. The molecule has 0 aliphatic carbocycles. The standard InChI is InChI=1S/C10H11ClN4O2/c11-9-2-1-8(5-13-9)6-14-4-3-12-10(14)7-15(16)17/h1-2,5,7,12H,3-4,6H2/b10-7+. The molecule has 0 radical (unpaired) electrons. The van der Waals surface area contributed by atoms with Crippen LogP contribution in [-0.2, 0) is 6.54 Å². The number of nitro groups is 1. The fraction of sp³-hybridized carbons (Fsp3) is 0.300. The van der Waals surface area contributed by atoms with E-state index in [0.717, 1.165) is 18.3 Å². The normalized spacial score (nSPS) is 17.2. The van der Waals surface area contributed by atoms with Crippen LogP contribution in [0.3, 0.4) is 0 Å². The molecule has 1 aliphatic rings. The molecule has 0 aromatic carbocycles. The minimum atomic E-state index is -0.458. The van der Waals surface area contributed by atoms with E-state index < -0.39 is 4.92 Å². The van der Waals surface area contributed by atoms with Crippen molar-refractivity contribution in [1.82, 2.24) is 15.2 Å². The van der Waals surface area contributed by atoms with Crippen LogP contribution in [0.5, 0.6) is 0 Å². The average molecular weight is 255 g/mol. The van der Waals surface area contributed by atoms with Crippen molar-refractivity contribution in [2.75, 3.05) is 13.1 Å². The van der Waals surface area contributed by atoms with Gasteiger partial charge < -0.3 is 10.2 Å². The third kappa shape index (κ3) is 3.07. The molecule has 2 heterocycles. The highest BCUT2D eigenvalue weighted by atomic mass is 35.5. The van der Waals surface area contributed by atoms with Gasteiger partial charge in [0.15, 0.2) is 5.82 Å². The SMILES string of the molecule is O=[N+]([O-])/C=C1\NCCN1Cc1ccc(Cl)nc1. The third-order valence-corrected chi connectivity index (χ3v) is 2.64. The molecule has 7 heteroatoms. The minimum absolute atomic E-state index is 0.439. The first-order valence-corrected chi connectivity index (χ1v) is 5.47. The fourth-order valence-electron chi connectivity index (χ4n) is 1.66. The minimum Gasteiger partial charge on any atom is -0.365 e. The molecule has 0 unspecified atom stereocenters. The predicted octanol–water partition coefficient (Wildman–Crippen LogP) is 1.22. The van der Waals surface area contributed by atoms with E-state index >= 15 is 0 Å². The van der Waals surface area contributed by atoms with Gasteiger partial charge in [0, 0.05) is 25.8 Å². The maximum Gasteiger partial charge on any atom is 0.274 e. The number of hydrogen-bond donors (Lipinski definition) is 1. The number of nitrogens with zero attached hydrogens (tertiary/aromatic N) is 3. The molecule has 0 atom stereocenters. The Kier molecular flexibility index (Phi) is 3.43. The van der Waals surface area contributed by atoms with Crippen LogP contribution in [0.2, 0.25) is 5.15 Å². The molecule has 90 valence electrons. The van der Waals surface area contributed by atoms with Gasteiger partial charge in [-0.2, -0.15) is 0 Å².